The van der Waals surface area contributed by atoms with Crippen LogP contribution in [0.2, 0.25) is 0 Å². The molecule has 1 aromatic heterocycles. The Morgan fingerprint density at radius 3 is 2.89 bits per heavy atom. The molecular formula is C12H15N3O3S. The minimum absolute atomic E-state index is 0.0677. The molecule has 0 amide bonds. The average Bonchev–Trinajstić information content (AvgIpc) is 2.93. The summed E-state index contributed by atoms with van der Waals surface area (Å²) in [5.74, 6) is 0.758. The van der Waals surface area contributed by atoms with Crippen LogP contribution >= 0.6 is 0 Å². The summed E-state index contributed by atoms with van der Waals surface area (Å²) in [5, 5.41) is 6.11. The maximum Gasteiger partial charge on any atom is 0.257 e. The Morgan fingerprint density at radius 2 is 2.21 bits per heavy atom. The molecule has 0 aliphatic carbocycles. The van der Waals surface area contributed by atoms with E-state index < -0.39 is 10.0 Å². The minimum atomic E-state index is -3.50. The number of benzene rings is 1. The molecule has 2 rings (SSSR count). The van der Waals surface area contributed by atoms with E-state index in [0.717, 1.165) is 11.3 Å². The van der Waals surface area contributed by atoms with E-state index in [1.807, 2.05) is 24.3 Å². The lowest BCUT2D eigenvalue weighted by Crippen LogP contribution is -2.26. The van der Waals surface area contributed by atoms with Gasteiger partial charge in [0.15, 0.2) is 5.03 Å². The number of rotatable bonds is 6. The van der Waals surface area contributed by atoms with Crippen LogP contribution in [0.5, 0.6) is 5.75 Å². The largest absolute Gasteiger partial charge is 0.497 e. The Labute approximate surface area is 111 Å². The first-order valence-electron chi connectivity index (χ1n) is 5.74. The number of ether oxygens (including phenoxy) is 1. The summed E-state index contributed by atoms with van der Waals surface area (Å²) in [7, 11) is -1.90. The number of hydrogen-bond donors (Lipinski definition) is 2. The molecule has 0 spiro atoms. The van der Waals surface area contributed by atoms with Crippen LogP contribution in [0.1, 0.15) is 5.56 Å². The van der Waals surface area contributed by atoms with Crippen molar-refractivity contribution in [2.75, 3.05) is 13.7 Å². The first-order chi connectivity index (χ1) is 9.12. The van der Waals surface area contributed by atoms with Crippen molar-refractivity contribution in [3.05, 3.63) is 42.1 Å². The van der Waals surface area contributed by atoms with Crippen molar-refractivity contribution in [2.45, 2.75) is 11.4 Å². The lowest BCUT2D eigenvalue weighted by molar-refractivity contribution is 0.414. The maximum atomic E-state index is 11.8. The molecule has 7 heteroatoms. The van der Waals surface area contributed by atoms with Crippen LogP contribution < -0.4 is 9.46 Å². The van der Waals surface area contributed by atoms with E-state index in [0.29, 0.717) is 13.0 Å². The predicted octanol–water partition coefficient (Wildman–Crippen LogP) is 0.939. The highest BCUT2D eigenvalue weighted by Gasteiger charge is 2.14. The summed E-state index contributed by atoms with van der Waals surface area (Å²) in [4.78, 5) is 0. The highest BCUT2D eigenvalue weighted by molar-refractivity contribution is 7.89. The first-order valence-corrected chi connectivity index (χ1v) is 7.22. The molecule has 0 radical (unpaired) electrons. The molecule has 6 nitrogen and oxygen atoms in total. The fourth-order valence-corrected chi connectivity index (χ4v) is 2.57. The van der Waals surface area contributed by atoms with Gasteiger partial charge < -0.3 is 4.74 Å². The van der Waals surface area contributed by atoms with Crippen molar-refractivity contribution in [1.82, 2.24) is 14.9 Å². The van der Waals surface area contributed by atoms with Gasteiger partial charge in [-0.3, -0.25) is 5.10 Å². The zero-order chi connectivity index (χ0) is 13.7. The van der Waals surface area contributed by atoms with Crippen molar-refractivity contribution in [1.29, 1.82) is 0 Å². The van der Waals surface area contributed by atoms with E-state index in [2.05, 4.69) is 14.9 Å². The zero-order valence-corrected chi connectivity index (χ0v) is 11.3. The van der Waals surface area contributed by atoms with E-state index in [1.54, 1.807) is 7.11 Å². The molecule has 0 aliphatic rings. The molecule has 0 saturated heterocycles. The van der Waals surface area contributed by atoms with Crippen LogP contribution in [0.25, 0.3) is 0 Å². The third-order valence-electron chi connectivity index (χ3n) is 2.60. The number of hydrogen-bond acceptors (Lipinski definition) is 4. The van der Waals surface area contributed by atoms with Gasteiger partial charge in [-0.15, -0.1) is 0 Å². The molecule has 1 heterocycles. The van der Waals surface area contributed by atoms with Crippen LogP contribution in [0.4, 0.5) is 0 Å². The number of sulfonamides is 1. The van der Waals surface area contributed by atoms with Gasteiger partial charge in [-0.05, 0) is 30.2 Å². The molecule has 0 atom stereocenters. The zero-order valence-electron chi connectivity index (χ0n) is 10.5. The number of nitrogens with one attached hydrogen (secondary N) is 2. The number of nitrogens with zero attached hydrogens (tertiary/aromatic N) is 1. The molecule has 0 unspecified atom stereocenters. The Morgan fingerprint density at radius 1 is 1.37 bits per heavy atom. The predicted molar refractivity (Wildman–Crippen MR) is 70.5 cm³/mol. The molecule has 0 saturated carbocycles. The molecule has 2 aromatic rings. The highest BCUT2D eigenvalue weighted by Crippen LogP contribution is 2.12. The Kier molecular flexibility index (Phi) is 4.18. The summed E-state index contributed by atoms with van der Waals surface area (Å²) in [6, 6.07) is 8.93. The monoisotopic (exact) mass is 281 g/mol. The number of aromatic nitrogens is 2. The van der Waals surface area contributed by atoms with E-state index in [-0.39, 0.29) is 5.03 Å². The van der Waals surface area contributed by atoms with Gasteiger partial charge in [0, 0.05) is 6.54 Å². The summed E-state index contributed by atoms with van der Waals surface area (Å²) < 4.78 is 31.2. The van der Waals surface area contributed by atoms with Crippen LogP contribution in [-0.2, 0) is 16.4 Å². The van der Waals surface area contributed by atoms with Crippen LogP contribution in [0.15, 0.2) is 41.6 Å². The quantitative estimate of drug-likeness (QED) is 0.825. The smallest absolute Gasteiger partial charge is 0.257 e. The van der Waals surface area contributed by atoms with Crippen molar-refractivity contribution in [3.8, 4) is 5.75 Å². The van der Waals surface area contributed by atoms with Crippen molar-refractivity contribution >= 4 is 10.0 Å². The Hall–Kier alpha value is -1.86. The molecule has 19 heavy (non-hydrogen) atoms. The van der Waals surface area contributed by atoms with Crippen molar-refractivity contribution < 1.29 is 13.2 Å². The first kappa shape index (κ1) is 13.6. The topological polar surface area (TPSA) is 84.1 Å². The average molecular weight is 281 g/mol. The van der Waals surface area contributed by atoms with Crippen LogP contribution in [-0.4, -0.2) is 32.3 Å². The van der Waals surface area contributed by atoms with Gasteiger partial charge in [-0.1, -0.05) is 12.1 Å². The van der Waals surface area contributed by atoms with Gasteiger partial charge in [0.1, 0.15) is 5.75 Å². The number of methoxy groups -OCH3 is 1. The van der Waals surface area contributed by atoms with Crippen LogP contribution in [0.3, 0.4) is 0 Å². The van der Waals surface area contributed by atoms with E-state index in [9.17, 15) is 8.42 Å². The lowest BCUT2D eigenvalue weighted by atomic mass is 10.1. The molecule has 102 valence electrons. The van der Waals surface area contributed by atoms with E-state index in [4.69, 9.17) is 4.74 Å². The van der Waals surface area contributed by atoms with Gasteiger partial charge in [0.25, 0.3) is 10.0 Å². The van der Waals surface area contributed by atoms with Gasteiger partial charge in [-0.2, -0.15) is 5.10 Å². The van der Waals surface area contributed by atoms with Crippen LogP contribution in [0, 0.1) is 0 Å². The molecule has 0 aliphatic heterocycles. The summed E-state index contributed by atoms with van der Waals surface area (Å²) in [5.41, 5.74) is 1.01. The summed E-state index contributed by atoms with van der Waals surface area (Å²) in [6.45, 7) is 0.314. The Balaban J connectivity index is 1.93. The lowest BCUT2D eigenvalue weighted by Gasteiger charge is -2.06. The molecule has 0 fully saturated rings. The fourth-order valence-electron chi connectivity index (χ4n) is 1.63. The molecular weight excluding hydrogens is 266 g/mol. The highest BCUT2D eigenvalue weighted by atomic mass is 32.2. The SMILES string of the molecule is COc1cccc(CCNS(=O)(=O)c2ccn[nH]2)c1. The van der Waals surface area contributed by atoms with E-state index in [1.165, 1.54) is 12.3 Å². The number of H-pyrrole nitrogens is 1. The number of aromatic amines is 1. The second-order valence-electron chi connectivity index (χ2n) is 3.92. The van der Waals surface area contributed by atoms with Crippen molar-refractivity contribution in [3.63, 3.8) is 0 Å². The molecule has 0 bridgehead atoms. The minimum Gasteiger partial charge on any atom is -0.497 e. The summed E-state index contributed by atoms with van der Waals surface area (Å²) in [6.07, 6.45) is 1.99. The third kappa shape index (κ3) is 3.55. The van der Waals surface area contributed by atoms with Gasteiger partial charge in [-0.25, -0.2) is 13.1 Å². The van der Waals surface area contributed by atoms with Gasteiger partial charge in [0.05, 0.1) is 13.3 Å². The van der Waals surface area contributed by atoms with Gasteiger partial charge in [0.2, 0.25) is 0 Å². The summed E-state index contributed by atoms with van der Waals surface area (Å²) >= 11 is 0. The molecule has 2 N–H and O–H groups in total. The fraction of sp³-hybridized carbons (Fsp3) is 0.250. The normalized spacial score (nSPS) is 11.4. The second-order valence-corrected chi connectivity index (χ2v) is 5.66. The molecule has 1 aromatic carbocycles. The maximum absolute atomic E-state index is 11.8. The third-order valence-corrected chi connectivity index (χ3v) is 4.00. The van der Waals surface area contributed by atoms with Crippen molar-refractivity contribution in [2.24, 2.45) is 0 Å². The Bertz CT molecular complexity index is 623. The van der Waals surface area contributed by atoms with Gasteiger partial charge >= 0.3 is 0 Å². The standard InChI is InChI=1S/C12H15N3O3S/c1-18-11-4-2-3-10(9-11)5-8-14-19(16,17)12-6-7-13-15-12/h2-4,6-7,9,14H,5,8H2,1H3,(H,13,15). The van der Waals surface area contributed by atoms with E-state index >= 15 is 0 Å². The second kappa shape index (κ2) is 5.85.